The summed E-state index contributed by atoms with van der Waals surface area (Å²) in [6.45, 7) is 6.56. The fourth-order valence-electron chi connectivity index (χ4n) is 5.17. The SMILES string of the molecule is CC(C)(C)C(/C=C/c1ccc(Cl)cc1Cl)n1nnnc1C1(Nc2ccc(Oc3ccc(Cl)cc3)cc2)CCCC1. The Morgan fingerprint density at radius 2 is 1.52 bits per heavy atom. The molecule has 5 rings (SSSR count). The molecule has 0 amide bonds. The lowest BCUT2D eigenvalue weighted by Crippen LogP contribution is -2.38. The second-order valence-electron chi connectivity index (χ2n) is 11.3. The van der Waals surface area contributed by atoms with Gasteiger partial charge in [0.2, 0.25) is 0 Å². The summed E-state index contributed by atoms with van der Waals surface area (Å²) in [7, 11) is 0. The molecule has 0 saturated heterocycles. The first-order valence-electron chi connectivity index (χ1n) is 13.4. The molecule has 1 unspecified atom stereocenters. The van der Waals surface area contributed by atoms with Gasteiger partial charge in [-0.2, -0.15) is 0 Å². The minimum atomic E-state index is -0.392. The zero-order valence-corrected chi connectivity index (χ0v) is 25.0. The van der Waals surface area contributed by atoms with Crippen molar-refractivity contribution in [1.82, 2.24) is 20.2 Å². The first-order chi connectivity index (χ1) is 19.1. The molecule has 208 valence electrons. The van der Waals surface area contributed by atoms with Gasteiger partial charge in [0.1, 0.15) is 11.5 Å². The number of aromatic nitrogens is 4. The molecule has 1 fully saturated rings. The van der Waals surface area contributed by atoms with Gasteiger partial charge in [0.15, 0.2) is 5.82 Å². The van der Waals surface area contributed by atoms with Crippen molar-refractivity contribution in [1.29, 1.82) is 0 Å². The van der Waals surface area contributed by atoms with Gasteiger partial charge in [-0.3, -0.25) is 0 Å². The fourth-order valence-corrected chi connectivity index (χ4v) is 5.77. The maximum absolute atomic E-state index is 6.46. The van der Waals surface area contributed by atoms with Crippen LogP contribution in [0.1, 0.15) is 63.9 Å². The van der Waals surface area contributed by atoms with Crippen molar-refractivity contribution in [3.05, 3.63) is 99.3 Å². The van der Waals surface area contributed by atoms with Crippen LogP contribution in [0.2, 0.25) is 15.1 Å². The molecule has 1 N–H and O–H groups in total. The predicted molar refractivity (Wildman–Crippen MR) is 164 cm³/mol. The van der Waals surface area contributed by atoms with Crippen LogP contribution >= 0.6 is 34.8 Å². The van der Waals surface area contributed by atoms with E-state index in [0.29, 0.717) is 15.1 Å². The topological polar surface area (TPSA) is 64.9 Å². The molecule has 0 aliphatic heterocycles. The van der Waals surface area contributed by atoms with E-state index in [-0.39, 0.29) is 11.5 Å². The van der Waals surface area contributed by atoms with Crippen molar-refractivity contribution in [2.75, 3.05) is 5.32 Å². The Labute approximate surface area is 250 Å². The third-order valence-electron chi connectivity index (χ3n) is 7.24. The van der Waals surface area contributed by atoms with E-state index in [1.54, 1.807) is 6.07 Å². The molecule has 4 aromatic rings. The number of allylic oxidation sites excluding steroid dienone is 1. The molecule has 9 heteroatoms. The number of hydrogen-bond acceptors (Lipinski definition) is 5. The zero-order valence-electron chi connectivity index (χ0n) is 22.7. The van der Waals surface area contributed by atoms with E-state index in [2.05, 4.69) is 47.7 Å². The third kappa shape index (κ3) is 6.46. The summed E-state index contributed by atoms with van der Waals surface area (Å²) in [5, 5.41) is 18.9. The summed E-state index contributed by atoms with van der Waals surface area (Å²) in [5.74, 6) is 2.31. The molecule has 0 radical (unpaired) electrons. The van der Waals surface area contributed by atoms with E-state index in [4.69, 9.17) is 39.5 Å². The van der Waals surface area contributed by atoms with Gasteiger partial charge in [-0.05, 0) is 94.9 Å². The molecule has 1 aliphatic rings. The van der Waals surface area contributed by atoms with Crippen LogP contribution in [0.4, 0.5) is 5.69 Å². The molecule has 1 atom stereocenters. The molecule has 6 nitrogen and oxygen atoms in total. The number of ether oxygens (including phenoxy) is 1. The smallest absolute Gasteiger partial charge is 0.177 e. The quantitative estimate of drug-likeness (QED) is 0.219. The van der Waals surface area contributed by atoms with Crippen molar-refractivity contribution >= 4 is 46.6 Å². The lowest BCUT2D eigenvalue weighted by molar-refractivity contribution is 0.254. The number of tetrazole rings is 1. The maximum Gasteiger partial charge on any atom is 0.177 e. The highest BCUT2D eigenvalue weighted by atomic mass is 35.5. The van der Waals surface area contributed by atoms with Gasteiger partial charge in [-0.15, -0.1) is 5.10 Å². The molecule has 3 aromatic carbocycles. The lowest BCUT2D eigenvalue weighted by atomic mass is 9.85. The van der Waals surface area contributed by atoms with Gasteiger partial charge in [-0.1, -0.05) is 86.6 Å². The largest absolute Gasteiger partial charge is 0.457 e. The van der Waals surface area contributed by atoms with Crippen molar-refractivity contribution in [2.24, 2.45) is 5.41 Å². The summed E-state index contributed by atoms with van der Waals surface area (Å²) < 4.78 is 7.94. The van der Waals surface area contributed by atoms with Gasteiger partial charge >= 0.3 is 0 Å². The fraction of sp³-hybridized carbons (Fsp3) is 0.323. The molecule has 40 heavy (non-hydrogen) atoms. The molecule has 0 bridgehead atoms. The van der Waals surface area contributed by atoms with Gasteiger partial charge in [-0.25, -0.2) is 4.68 Å². The van der Waals surface area contributed by atoms with E-state index in [0.717, 1.165) is 54.3 Å². The van der Waals surface area contributed by atoms with E-state index in [1.807, 2.05) is 71.4 Å². The van der Waals surface area contributed by atoms with Crippen LogP contribution in [-0.2, 0) is 5.54 Å². The summed E-state index contributed by atoms with van der Waals surface area (Å²) in [6, 6.07) is 20.7. The van der Waals surface area contributed by atoms with Crippen molar-refractivity contribution in [3.63, 3.8) is 0 Å². The Morgan fingerprint density at radius 3 is 2.15 bits per heavy atom. The van der Waals surface area contributed by atoms with Gasteiger partial charge in [0.05, 0.1) is 11.6 Å². The lowest BCUT2D eigenvalue weighted by Gasteiger charge is -2.35. The Hall–Kier alpha value is -3.06. The summed E-state index contributed by atoms with van der Waals surface area (Å²) in [5.41, 5.74) is 1.32. The molecule has 1 aliphatic carbocycles. The summed E-state index contributed by atoms with van der Waals surface area (Å²) >= 11 is 18.5. The van der Waals surface area contributed by atoms with Crippen molar-refractivity contribution in [2.45, 2.75) is 58.0 Å². The maximum atomic E-state index is 6.46. The van der Waals surface area contributed by atoms with Crippen LogP contribution in [0, 0.1) is 5.41 Å². The highest BCUT2D eigenvalue weighted by Crippen LogP contribution is 2.43. The standard InChI is InChI=1S/C31H32Cl3N5O/c1-30(2,3)28(17-7-21-6-8-23(33)20-27(21)34)39-29(36-37-38-39)31(18-4-5-19-31)35-24-11-15-26(16-12-24)40-25-13-9-22(32)10-14-25/h6-17,20,28,35H,4-5,18-19H2,1-3H3/b17-7+. The number of nitrogens with one attached hydrogen (secondary N) is 1. The van der Waals surface area contributed by atoms with Crippen LogP contribution in [-0.4, -0.2) is 20.2 Å². The summed E-state index contributed by atoms with van der Waals surface area (Å²) in [6.07, 6.45) is 8.19. The van der Waals surface area contributed by atoms with Crippen molar-refractivity contribution < 1.29 is 4.74 Å². The molecule has 1 aromatic heterocycles. The highest BCUT2D eigenvalue weighted by molar-refractivity contribution is 6.35. The number of benzene rings is 3. The Morgan fingerprint density at radius 1 is 0.900 bits per heavy atom. The highest BCUT2D eigenvalue weighted by Gasteiger charge is 2.42. The minimum absolute atomic E-state index is 0.112. The number of hydrogen-bond donors (Lipinski definition) is 1. The predicted octanol–water partition coefficient (Wildman–Crippen LogP) is 9.61. The Kier molecular flexibility index (Phi) is 8.41. The Bertz CT molecular complexity index is 1470. The second-order valence-corrected chi connectivity index (χ2v) is 12.6. The van der Waals surface area contributed by atoms with E-state index in [9.17, 15) is 0 Å². The van der Waals surface area contributed by atoms with E-state index < -0.39 is 5.54 Å². The normalized spacial score (nSPS) is 15.8. The van der Waals surface area contributed by atoms with Gasteiger partial charge in [0.25, 0.3) is 0 Å². The van der Waals surface area contributed by atoms with Crippen LogP contribution in [0.3, 0.4) is 0 Å². The molecule has 1 saturated carbocycles. The van der Waals surface area contributed by atoms with Crippen LogP contribution < -0.4 is 10.1 Å². The number of halogens is 3. The van der Waals surface area contributed by atoms with Gasteiger partial charge < -0.3 is 10.1 Å². The first kappa shape index (κ1) is 28.5. The summed E-state index contributed by atoms with van der Waals surface area (Å²) in [4.78, 5) is 0. The number of rotatable bonds is 8. The number of anilines is 1. The molecular weight excluding hydrogens is 565 g/mol. The van der Waals surface area contributed by atoms with Crippen LogP contribution in [0.5, 0.6) is 11.5 Å². The zero-order chi connectivity index (χ0) is 28.3. The Balaban J connectivity index is 1.42. The van der Waals surface area contributed by atoms with Crippen LogP contribution in [0.15, 0.2) is 72.8 Å². The van der Waals surface area contributed by atoms with E-state index in [1.165, 1.54) is 0 Å². The van der Waals surface area contributed by atoms with Gasteiger partial charge in [0, 0.05) is 20.8 Å². The van der Waals surface area contributed by atoms with E-state index >= 15 is 0 Å². The molecule has 0 spiro atoms. The average molecular weight is 597 g/mol. The minimum Gasteiger partial charge on any atom is -0.457 e. The molecular formula is C31H32Cl3N5O. The van der Waals surface area contributed by atoms with Crippen LogP contribution in [0.25, 0.3) is 6.08 Å². The second kappa shape index (κ2) is 11.8. The molecule has 1 heterocycles. The number of nitrogens with zero attached hydrogens (tertiary/aromatic N) is 4. The third-order valence-corrected chi connectivity index (χ3v) is 8.05. The van der Waals surface area contributed by atoms with Crippen molar-refractivity contribution in [3.8, 4) is 11.5 Å². The first-order valence-corrected chi connectivity index (χ1v) is 14.5. The average Bonchev–Trinajstić information content (AvgIpc) is 3.58. The monoisotopic (exact) mass is 595 g/mol.